The molecule has 13 heteroatoms. The normalized spacial score (nSPS) is 17.7. The first kappa shape index (κ1) is 28.2. The molecule has 0 aliphatic carbocycles. The van der Waals surface area contributed by atoms with Crippen molar-refractivity contribution in [3.63, 3.8) is 0 Å². The second-order valence-corrected chi connectivity index (χ2v) is 10.6. The number of fused-ring (bicyclic) bond motifs is 3. The molecule has 1 saturated heterocycles. The van der Waals surface area contributed by atoms with E-state index in [9.17, 15) is 23.2 Å². The number of nitrogens with zero attached hydrogens (tertiary/aromatic N) is 1. The molecule has 3 amide bonds. The second kappa shape index (κ2) is 11.6. The van der Waals surface area contributed by atoms with Crippen LogP contribution in [0.3, 0.4) is 0 Å². The third-order valence-electron chi connectivity index (χ3n) is 6.94. The number of hydrogen-bond donors (Lipinski definition) is 4. The molecule has 1 fully saturated rings. The number of thiophene rings is 1. The summed E-state index contributed by atoms with van der Waals surface area (Å²) in [5.74, 6) is -1.78. The molecule has 0 saturated carbocycles. The molecule has 0 spiro atoms. The Labute approximate surface area is 236 Å². The summed E-state index contributed by atoms with van der Waals surface area (Å²) in [7, 11) is 0. The van der Waals surface area contributed by atoms with E-state index >= 15 is 0 Å². The molecule has 2 aromatic carbocycles. The van der Waals surface area contributed by atoms with Crippen molar-refractivity contribution in [1.82, 2.24) is 15.5 Å². The lowest BCUT2D eigenvalue weighted by molar-refractivity contribution is -0.160. The predicted octanol–water partition coefficient (Wildman–Crippen LogP) is 3.75. The van der Waals surface area contributed by atoms with E-state index in [2.05, 4.69) is 15.4 Å². The number of nitrogens with one attached hydrogen (secondary N) is 3. The zero-order valence-electron chi connectivity index (χ0n) is 21.9. The van der Waals surface area contributed by atoms with Crippen LogP contribution in [0.25, 0.3) is 21.9 Å². The van der Waals surface area contributed by atoms with Gasteiger partial charge in [0.15, 0.2) is 0 Å². The molecule has 0 bridgehead atoms. The molecule has 0 radical (unpaired) electrons. The van der Waals surface area contributed by atoms with Gasteiger partial charge >= 0.3 is 6.61 Å². The Morgan fingerprint density at radius 2 is 1.90 bits per heavy atom. The average Bonchev–Trinajstić information content (AvgIpc) is 3.68. The van der Waals surface area contributed by atoms with Crippen molar-refractivity contribution >= 4 is 56.8 Å². The average molecular weight is 584 g/mol. The molecule has 3 atom stereocenters. The minimum Gasteiger partial charge on any atom is -0.456 e. The van der Waals surface area contributed by atoms with Gasteiger partial charge in [0.05, 0.1) is 18.7 Å². The molecule has 10 nitrogen and oxygen atoms in total. The number of rotatable bonds is 9. The van der Waals surface area contributed by atoms with Crippen molar-refractivity contribution < 1.29 is 32.3 Å². The first-order valence-corrected chi connectivity index (χ1v) is 13.6. The van der Waals surface area contributed by atoms with Crippen LogP contribution in [0.4, 0.5) is 8.78 Å². The molecule has 1 unspecified atom stereocenters. The molecule has 5 rings (SSSR count). The number of hydrogen-bond acceptors (Lipinski definition) is 7. The number of alkyl halides is 2. The van der Waals surface area contributed by atoms with Crippen LogP contribution >= 0.6 is 11.3 Å². The smallest absolute Gasteiger partial charge is 0.345 e. The third kappa shape index (κ3) is 6.05. The van der Waals surface area contributed by atoms with Crippen molar-refractivity contribution in [2.24, 2.45) is 5.73 Å². The number of para-hydroxylation sites is 1. The Hall–Kier alpha value is -4.36. The highest BCUT2D eigenvalue weighted by Gasteiger charge is 2.41. The Morgan fingerprint density at radius 3 is 2.63 bits per heavy atom. The Balaban J connectivity index is 1.26. The van der Waals surface area contributed by atoms with Crippen molar-refractivity contribution in [3.05, 3.63) is 69.9 Å². The van der Waals surface area contributed by atoms with Gasteiger partial charge in [-0.3, -0.25) is 19.8 Å². The van der Waals surface area contributed by atoms with Crippen LogP contribution in [0.1, 0.15) is 40.2 Å². The lowest BCUT2D eigenvalue weighted by Gasteiger charge is -2.25. The van der Waals surface area contributed by atoms with Crippen molar-refractivity contribution in [2.75, 3.05) is 13.1 Å². The Bertz CT molecular complexity index is 1640. The summed E-state index contributed by atoms with van der Waals surface area (Å²) in [5, 5.41) is 16.2. The second-order valence-electron chi connectivity index (χ2n) is 9.69. The summed E-state index contributed by atoms with van der Waals surface area (Å²) in [5.41, 5.74) is 7.63. The van der Waals surface area contributed by atoms with E-state index in [1.165, 1.54) is 11.3 Å². The first-order chi connectivity index (χ1) is 19.6. The fourth-order valence-electron chi connectivity index (χ4n) is 4.89. The van der Waals surface area contributed by atoms with E-state index in [1.807, 2.05) is 24.3 Å². The van der Waals surface area contributed by atoms with Crippen LogP contribution in [0.15, 0.2) is 58.3 Å². The molecular weight excluding hydrogens is 556 g/mol. The third-order valence-corrected chi connectivity index (χ3v) is 8.05. The summed E-state index contributed by atoms with van der Waals surface area (Å²) < 4.78 is 36.3. The molecule has 1 aliphatic rings. The van der Waals surface area contributed by atoms with Crippen LogP contribution < -0.4 is 16.4 Å². The molecular formula is C28H27F2N5O5S. The summed E-state index contributed by atoms with van der Waals surface area (Å²) >= 11 is 1.30. The van der Waals surface area contributed by atoms with Gasteiger partial charge in [0.2, 0.25) is 11.8 Å². The van der Waals surface area contributed by atoms with Crippen LogP contribution in [0, 0.1) is 5.41 Å². The number of furan rings is 1. The molecule has 2 aromatic heterocycles. The molecule has 3 heterocycles. The van der Waals surface area contributed by atoms with Gasteiger partial charge in [0.25, 0.3) is 5.91 Å². The summed E-state index contributed by atoms with van der Waals surface area (Å²) in [6.07, 6.45) is -1.18. The maximum Gasteiger partial charge on any atom is 0.345 e. The number of nitrogens with two attached hydrogens (primary N) is 1. The predicted molar refractivity (Wildman–Crippen MR) is 149 cm³/mol. The molecule has 4 aromatic rings. The van der Waals surface area contributed by atoms with Gasteiger partial charge < -0.3 is 30.4 Å². The number of carbonyl (C=O) groups is 3. The minimum absolute atomic E-state index is 0.106. The standard InChI is InChI=1S/C28H27F2N5O5S/c1-14(23-9-16(13-41-23)25(31)32)34-27(38)20-10-17(39-28(29)30)12-35(20)24(36)11-33-26(37)15-6-7-22-19(8-15)18-4-2-3-5-21(18)40-22/h2-9,13-14,17,20,28H,10-12H2,1H3,(H3,31,32)(H,33,37)(H,34,38)/t14?,17-,20+/m1/s1. The number of ether oxygens (including phenoxy) is 1. The zero-order chi connectivity index (χ0) is 29.3. The highest BCUT2D eigenvalue weighted by molar-refractivity contribution is 7.10. The fraction of sp³-hybridized carbons (Fsp3) is 0.286. The highest BCUT2D eigenvalue weighted by atomic mass is 32.1. The van der Waals surface area contributed by atoms with E-state index in [1.54, 1.807) is 36.6 Å². The molecule has 41 heavy (non-hydrogen) atoms. The number of carbonyl (C=O) groups excluding carboxylic acids is 3. The molecule has 214 valence electrons. The minimum atomic E-state index is -3.07. The molecule has 5 N–H and O–H groups in total. The van der Waals surface area contributed by atoms with E-state index in [0.717, 1.165) is 20.5 Å². The van der Waals surface area contributed by atoms with Crippen molar-refractivity contribution in [3.8, 4) is 0 Å². The van der Waals surface area contributed by atoms with E-state index in [4.69, 9.17) is 15.6 Å². The molecule has 1 aliphatic heterocycles. The van der Waals surface area contributed by atoms with E-state index in [-0.39, 0.29) is 18.8 Å². The number of benzene rings is 2. The van der Waals surface area contributed by atoms with Gasteiger partial charge in [-0.2, -0.15) is 8.78 Å². The summed E-state index contributed by atoms with van der Waals surface area (Å²) in [6.45, 7) is -2.02. The maximum atomic E-state index is 13.2. The van der Waals surface area contributed by atoms with Crippen LogP contribution in [-0.2, 0) is 14.3 Å². The van der Waals surface area contributed by atoms with Crippen LogP contribution in [-0.4, -0.2) is 60.3 Å². The van der Waals surface area contributed by atoms with Crippen LogP contribution in [0.5, 0.6) is 0 Å². The maximum absolute atomic E-state index is 13.2. The topological polar surface area (TPSA) is 151 Å². The van der Waals surface area contributed by atoms with E-state index < -0.39 is 49.1 Å². The monoisotopic (exact) mass is 583 g/mol. The highest BCUT2D eigenvalue weighted by Crippen LogP contribution is 2.29. The number of halogens is 2. The van der Waals surface area contributed by atoms with Gasteiger partial charge in [-0.25, -0.2) is 0 Å². The van der Waals surface area contributed by atoms with Crippen molar-refractivity contribution in [2.45, 2.75) is 38.1 Å². The van der Waals surface area contributed by atoms with E-state index in [0.29, 0.717) is 22.3 Å². The van der Waals surface area contributed by atoms with Crippen molar-refractivity contribution in [1.29, 1.82) is 5.41 Å². The first-order valence-electron chi connectivity index (χ1n) is 12.8. The lowest BCUT2D eigenvalue weighted by atomic mass is 10.1. The summed E-state index contributed by atoms with van der Waals surface area (Å²) in [6, 6.07) is 12.4. The van der Waals surface area contributed by atoms with Gasteiger partial charge in [0.1, 0.15) is 23.0 Å². The Morgan fingerprint density at radius 1 is 1.15 bits per heavy atom. The van der Waals surface area contributed by atoms with Gasteiger partial charge in [-0.1, -0.05) is 18.2 Å². The summed E-state index contributed by atoms with van der Waals surface area (Å²) in [4.78, 5) is 41.1. The largest absolute Gasteiger partial charge is 0.456 e. The quantitative estimate of drug-likeness (QED) is 0.174. The van der Waals surface area contributed by atoms with Gasteiger partial charge in [-0.15, -0.1) is 11.3 Å². The number of likely N-dealkylation sites (tertiary alicyclic amines) is 1. The number of amides is 3. The van der Waals surface area contributed by atoms with Crippen LogP contribution in [0.2, 0.25) is 0 Å². The zero-order valence-corrected chi connectivity index (χ0v) is 22.7. The SMILES string of the molecule is CC(NC(=O)[C@@H]1C[C@@H](OC(F)F)CN1C(=O)CNC(=O)c1ccc2oc3ccccc3c2c1)c1cc(C(=N)N)cs1. The lowest BCUT2D eigenvalue weighted by Crippen LogP contribution is -2.49. The van der Waals surface area contributed by atoms with Gasteiger partial charge in [-0.05, 0) is 37.3 Å². The fourth-order valence-corrected chi connectivity index (χ4v) is 5.81. The number of amidine groups is 1. The number of nitrogen functional groups attached to an aromatic ring is 1. The Kier molecular flexibility index (Phi) is 7.99. The van der Waals surface area contributed by atoms with Gasteiger partial charge in [0, 0.05) is 45.1 Å².